The van der Waals surface area contributed by atoms with Gasteiger partial charge in [0.05, 0.1) is 11.9 Å². The first-order valence-electron chi connectivity index (χ1n) is 4.06. The van der Waals surface area contributed by atoms with E-state index < -0.39 is 10.8 Å². The van der Waals surface area contributed by atoms with Gasteiger partial charge in [-0.1, -0.05) is 13.8 Å². The van der Waals surface area contributed by atoms with Gasteiger partial charge in [-0.2, -0.15) is 0 Å². The highest BCUT2D eigenvalue weighted by Crippen LogP contribution is 1.97. The number of hydrogen-bond donors (Lipinski definition) is 1. The number of aliphatic imine (C=N–C) groups is 1. The predicted molar refractivity (Wildman–Crippen MR) is 54.9 cm³/mol. The molecule has 0 heterocycles. The van der Waals surface area contributed by atoms with Crippen LogP contribution in [-0.2, 0) is 10.8 Å². The van der Waals surface area contributed by atoms with Crippen molar-refractivity contribution < 1.29 is 4.21 Å². The zero-order valence-electron chi connectivity index (χ0n) is 8.20. The van der Waals surface area contributed by atoms with E-state index in [1.54, 1.807) is 6.26 Å². The molecule has 72 valence electrons. The molecule has 0 aromatic carbocycles. The van der Waals surface area contributed by atoms with E-state index in [0.29, 0.717) is 11.6 Å². The van der Waals surface area contributed by atoms with E-state index in [1.165, 1.54) is 0 Å². The molecule has 0 aliphatic rings. The molecule has 0 spiro atoms. The van der Waals surface area contributed by atoms with Crippen molar-refractivity contribution in [2.24, 2.45) is 16.6 Å². The fraction of sp³-hybridized carbons (Fsp3) is 0.875. The van der Waals surface area contributed by atoms with Crippen molar-refractivity contribution in [1.82, 2.24) is 0 Å². The molecule has 0 bridgehead atoms. The lowest BCUT2D eigenvalue weighted by Gasteiger charge is -2.08. The summed E-state index contributed by atoms with van der Waals surface area (Å²) >= 11 is 0. The van der Waals surface area contributed by atoms with E-state index in [-0.39, 0.29) is 12.0 Å². The van der Waals surface area contributed by atoms with E-state index in [1.807, 2.05) is 20.8 Å². The maximum absolute atomic E-state index is 10.8. The van der Waals surface area contributed by atoms with E-state index in [4.69, 9.17) is 5.73 Å². The van der Waals surface area contributed by atoms with Crippen molar-refractivity contribution in [3.63, 3.8) is 0 Å². The molecule has 3 nitrogen and oxygen atoms in total. The van der Waals surface area contributed by atoms with Gasteiger partial charge in [0, 0.05) is 28.7 Å². The van der Waals surface area contributed by atoms with Crippen LogP contribution < -0.4 is 5.73 Å². The summed E-state index contributed by atoms with van der Waals surface area (Å²) in [7, 11) is -0.788. The Kier molecular flexibility index (Phi) is 5.13. The van der Waals surface area contributed by atoms with Crippen LogP contribution in [0.5, 0.6) is 0 Å². The number of hydrogen-bond acceptors (Lipinski definition) is 2. The van der Waals surface area contributed by atoms with Gasteiger partial charge in [-0.05, 0) is 6.92 Å². The van der Waals surface area contributed by atoms with Crippen molar-refractivity contribution in [1.29, 1.82) is 0 Å². The highest BCUT2D eigenvalue weighted by molar-refractivity contribution is 7.84. The van der Waals surface area contributed by atoms with Gasteiger partial charge in [-0.15, -0.1) is 0 Å². The molecular formula is C8H18N2OS. The molecule has 2 unspecified atom stereocenters. The first-order chi connectivity index (χ1) is 5.43. The quantitative estimate of drug-likeness (QED) is 0.526. The van der Waals surface area contributed by atoms with Crippen molar-refractivity contribution in [2.45, 2.75) is 26.8 Å². The Morgan fingerprint density at radius 3 is 2.33 bits per heavy atom. The zero-order chi connectivity index (χ0) is 9.72. The summed E-state index contributed by atoms with van der Waals surface area (Å²) in [5.74, 6) is 1.51. The van der Waals surface area contributed by atoms with Gasteiger partial charge in [0.25, 0.3) is 0 Å². The summed E-state index contributed by atoms with van der Waals surface area (Å²) in [6, 6.07) is 0.0678. The molecule has 0 amide bonds. The minimum Gasteiger partial charge on any atom is -0.387 e. The largest absolute Gasteiger partial charge is 0.387 e. The van der Waals surface area contributed by atoms with Crippen molar-refractivity contribution >= 4 is 16.6 Å². The summed E-state index contributed by atoms with van der Waals surface area (Å²) in [5.41, 5.74) is 5.64. The lowest BCUT2D eigenvalue weighted by atomic mass is 10.2. The fourth-order valence-corrected chi connectivity index (χ4v) is 1.53. The first kappa shape index (κ1) is 11.6. The standard InChI is InChI=1S/C8H18N2OS/c1-6(2)8(9)10-7(3)5-12(4)11/h6-7H,5H2,1-4H3,(H2,9,10). The van der Waals surface area contributed by atoms with Crippen LogP contribution in [0, 0.1) is 5.92 Å². The van der Waals surface area contributed by atoms with Crippen LogP contribution >= 0.6 is 0 Å². The van der Waals surface area contributed by atoms with Crippen molar-refractivity contribution in [3.05, 3.63) is 0 Å². The molecule has 12 heavy (non-hydrogen) atoms. The normalized spacial score (nSPS) is 17.9. The highest BCUT2D eigenvalue weighted by Gasteiger charge is 2.04. The van der Waals surface area contributed by atoms with Crippen LogP contribution in [0.4, 0.5) is 0 Å². The van der Waals surface area contributed by atoms with Gasteiger partial charge in [0.1, 0.15) is 0 Å². The van der Waals surface area contributed by atoms with Crippen LogP contribution in [0.25, 0.3) is 0 Å². The summed E-state index contributed by atoms with van der Waals surface area (Å²) < 4.78 is 10.8. The number of nitrogens with two attached hydrogens (primary N) is 1. The Morgan fingerprint density at radius 1 is 1.50 bits per heavy atom. The first-order valence-corrected chi connectivity index (χ1v) is 5.79. The SMILES string of the molecule is CC(CS(C)=O)N=C(N)C(C)C. The van der Waals surface area contributed by atoms with Gasteiger partial charge in [-0.3, -0.25) is 9.20 Å². The molecule has 0 saturated heterocycles. The van der Waals surface area contributed by atoms with Crippen LogP contribution in [0.2, 0.25) is 0 Å². The second kappa shape index (κ2) is 5.30. The molecule has 2 N–H and O–H groups in total. The Balaban J connectivity index is 4.04. The minimum absolute atomic E-state index is 0.0678. The average Bonchev–Trinajstić information content (AvgIpc) is 1.84. The maximum Gasteiger partial charge on any atom is 0.0966 e. The van der Waals surface area contributed by atoms with E-state index >= 15 is 0 Å². The van der Waals surface area contributed by atoms with E-state index in [2.05, 4.69) is 4.99 Å². The summed E-state index contributed by atoms with van der Waals surface area (Å²) in [6.07, 6.45) is 1.68. The second-order valence-corrected chi connectivity index (χ2v) is 4.78. The van der Waals surface area contributed by atoms with Gasteiger partial charge in [-0.25, -0.2) is 0 Å². The third kappa shape index (κ3) is 5.29. The summed E-state index contributed by atoms with van der Waals surface area (Å²) in [6.45, 7) is 5.92. The third-order valence-corrected chi connectivity index (χ3v) is 2.39. The molecular weight excluding hydrogens is 172 g/mol. The molecule has 0 aromatic heterocycles. The number of rotatable bonds is 4. The molecule has 0 rings (SSSR count). The molecule has 0 saturated carbocycles. The number of nitrogens with zero attached hydrogens (tertiary/aromatic N) is 1. The zero-order valence-corrected chi connectivity index (χ0v) is 9.02. The third-order valence-electron chi connectivity index (χ3n) is 1.44. The van der Waals surface area contributed by atoms with Gasteiger partial charge >= 0.3 is 0 Å². The second-order valence-electron chi connectivity index (χ2n) is 3.30. The van der Waals surface area contributed by atoms with Crippen LogP contribution in [0.3, 0.4) is 0 Å². The number of amidine groups is 1. The van der Waals surface area contributed by atoms with Gasteiger partial charge in [0.2, 0.25) is 0 Å². The molecule has 0 aliphatic carbocycles. The molecule has 0 aliphatic heterocycles. The maximum atomic E-state index is 10.8. The average molecular weight is 190 g/mol. The molecule has 4 heteroatoms. The summed E-state index contributed by atoms with van der Waals surface area (Å²) in [5, 5.41) is 0. The van der Waals surface area contributed by atoms with E-state index in [9.17, 15) is 4.21 Å². The highest BCUT2D eigenvalue weighted by atomic mass is 32.2. The molecule has 2 atom stereocenters. The lowest BCUT2D eigenvalue weighted by Crippen LogP contribution is -2.23. The monoisotopic (exact) mass is 190 g/mol. The van der Waals surface area contributed by atoms with Gasteiger partial charge < -0.3 is 5.73 Å². The van der Waals surface area contributed by atoms with Crippen LogP contribution in [0.1, 0.15) is 20.8 Å². The van der Waals surface area contributed by atoms with Gasteiger partial charge in [0.15, 0.2) is 0 Å². The van der Waals surface area contributed by atoms with E-state index in [0.717, 1.165) is 0 Å². The van der Waals surface area contributed by atoms with Crippen LogP contribution in [0.15, 0.2) is 4.99 Å². The Labute approximate surface area is 76.9 Å². The minimum atomic E-state index is -0.788. The Hall–Kier alpha value is -0.380. The van der Waals surface area contributed by atoms with Crippen molar-refractivity contribution in [3.8, 4) is 0 Å². The molecule has 0 aromatic rings. The summed E-state index contributed by atoms with van der Waals surface area (Å²) in [4.78, 5) is 4.22. The van der Waals surface area contributed by atoms with Crippen molar-refractivity contribution in [2.75, 3.05) is 12.0 Å². The fourth-order valence-electron chi connectivity index (χ4n) is 0.780. The molecule has 0 fully saturated rings. The Morgan fingerprint density at radius 2 is 2.00 bits per heavy atom. The topological polar surface area (TPSA) is 55.5 Å². The molecule has 0 radical (unpaired) electrons. The van der Waals surface area contributed by atoms with Crippen LogP contribution in [-0.4, -0.2) is 28.1 Å². The predicted octanol–water partition coefficient (Wildman–Crippen LogP) is 0.767. The smallest absolute Gasteiger partial charge is 0.0966 e. The Bertz CT molecular complexity index is 189. The lowest BCUT2D eigenvalue weighted by molar-refractivity contribution is 0.680.